The van der Waals surface area contributed by atoms with Crippen LogP contribution in [-0.4, -0.2) is 53.6 Å². The molecule has 1 rings (SSSR count). The van der Waals surface area contributed by atoms with Gasteiger partial charge in [-0.05, 0) is 6.92 Å². The van der Waals surface area contributed by atoms with Crippen LogP contribution < -0.4 is 5.73 Å². The number of carboxylic acid groups (broad SMARTS) is 1. The lowest BCUT2D eigenvalue weighted by Gasteiger charge is -2.41. The van der Waals surface area contributed by atoms with E-state index in [1.54, 1.807) is 13.8 Å². The van der Waals surface area contributed by atoms with E-state index < -0.39 is 29.8 Å². The Balaban J connectivity index is 2.43. The van der Waals surface area contributed by atoms with Crippen molar-refractivity contribution in [3.05, 3.63) is 0 Å². The number of carbonyl (C=O) groups is 3. The summed E-state index contributed by atoms with van der Waals surface area (Å²) in [6.45, 7) is 4.03. The quantitative estimate of drug-likeness (QED) is 0.486. The molecule has 1 heterocycles. The van der Waals surface area contributed by atoms with E-state index in [4.69, 9.17) is 10.8 Å². The molecule has 1 fully saturated rings. The third-order valence-corrected chi connectivity index (χ3v) is 3.12. The van der Waals surface area contributed by atoms with Crippen LogP contribution in [0.1, 0.15) is 13.8 Å². The molecule has 0 aromatic heterocycles. The SMILES string of the molecule is CCOC(=O)C(N)C(=O)N1CC(C(C)C(=O)O)C1. The van der Waals surface area contributed by atoms with Crippen molar-refractivity contribution >= 4 is 17.8 Å². The number of carbonyl (C=O) groups excluding carboxylic acids is 2. The summed E-state index contributed by atoms with van der Waals surface area (Å²) in [5, 5.41) is 8.81. The first-order valence-electron chi connectivity index (χ1n) is 5.82. The van der Waals surface area contributed by atoms with Gasteiger partial charge in [0.25, 0.3) is 5.91 Å². The molecule has 0 saturated carbocycles. The maximum Gasteiger partial charge on any atom is 0.332 e. The predicted molar refractivity (Wildman–Crippen MR) is 61.5 cm³/mol. The molecule has 1 amide bonds. The lowest BCUT2D eigenvalue weighted by atomic mass is 9.86. The lowest BCUT2D eigenvalue weighted by molar-refractivity contribution is -0.157. The summed E-state index contributed by atoms with van der Waals surface area (Å²) in [4.78, 5) is 35.1. The van der Waals surface area contributed by atoms with Gasteiger partial charge in [-0.1, -0.05) is 6.92 Å². The van der Waals surface area contributed by atoms with Crippen molar-refractivity contribution in [2.45, 2.75) is 19.9 Å². The van der Waals surface area contributed by atoms with Crippen LogP contribution in [-0.2, 0) is 19.1 Å². The van der Waals surface area contributed by atoms with Gasteiger partial charge < -0.3 is 20.5 Å². The van der Waals surface area contributed by atoms with E-state index >= 15 is 0 Å². The van der Waals surface area contributed by atoms with Gasteiger partial charge in [0.15, 0.2) is 6.04 Å². The summed E-state index contributed by atoms with van der Waals surface area (Å²) >= 11 is 0. The second-order valence-corrected chi connectivity index (χ2v) is 4.36. The van der Waals surface area contributed by atoms with Gasteiger partial charge in [-0.3, -0.25) is 9.59 Å². The van der Waals surface area contributed by atoms with Crippen LogP contribution in [0.2, 0.25) is 0 Å². The highest BCUT2D eigenvalue weighted by atomic mass is 16.5. The van der Waals surface area contributed by atoms with E-state index in [0.29, 0.717) is 13.1 Å². The van der Waals surface area contributed by atoms with Crippen molar-refractivity contribution in [3.8, 4) is 0 Å². The van der Waals surface area contributed by atoms with Gasteiger partial charge >= 0.3 is 11.9 Å². The van der Waals surface area contributed by atoms with Crippen LogP contribution >= 0.6 is 0 Å². The van der Waals surface area contributed by atoms with Gasteiger partial charge in [0, 0.05) is 19.0 Å². The molecule has 7 heteroatoms. The maximum absolute atomic E-state index is 11.7. The zero-order valence-corrected chi connectivity index (χ0v) is 10.5. The summed E-state index contributed by atoms with van der Waals surface area (Å²) < 4.78 is 4.65. The van der Waals surface area contributed by atoms with Crippen LogP contribution in [0.25, 0.3) is 0 Å². The molecule has 0 spiro atoms. The smallest absolute Gasteiger partial charge is 0.332 e. The molecular weight excluding hydrogens is 240 g/mol. The first kappa shape index (κ1) is 14.4. The molecule has 0 aliphatic carbocycles. The third-order valence-electron chi connectivity index (χ3n) is 3.12. The van der Waals surface area contributed by atoms with Gasteiger partial charge in [-0.15, -0.1) is 0 Å². The normalized spacial score (nSPS) is 18.7. The van der Waals surface area contributed by atoms with Crippen molar-refractivity contribution in [2.24, 2.45) is 17.6 Å². The topological polar surface area (TPSA) is 110 Å². The second-order valence-electron chi connectivity index (χ2n) is 4.36. The Kier molecular flexibility index (Phi) is 4.66. The maximum atomic E-state index is 11.7. The number of nitrogens with zero attached hydrogens (tertiary/aromatic N) is 1. The molecule has 0 aromatic carbocycles. The predicted octanol–water partition coefficient (Wildman–Crippen LogP) is -0.944. The number of aliphatic carboxylic acids is 1. The van der Waals surface area contributed by atoms with Gasteiger partial charge in [-0.2, -0.15) is 0 Å². The molecule has 102 valence electrons. The molecule has 1 aliphatic rings. The Labute approximate surface area is 105 Å². The molecular formula is C11H18N2O5. The number of carboxylic acids is 1. The standard InChI is InChI=1S/C11H18N2O5/c1-3-18-11(17)8(12)9(14)13-4-7(5-13)6(2)10(15)16/h6-8H,3-5,12H2,1-2H3,(H,15,16). The number of hydrogen-bond acceptors (Lipinski definition) is 5. The highest BCUT2D eigenvalue weighted by Gasteiger charge is 2.40. The number of ether oxygens (including phenoxy) is 1. The molecule has 1 saturated heterocycles. The van der Waals surface area contributed by atoms with Crippen molar-refractivity contribution < 1.29 is 24.2 Å². The molecule has 1 aliphatic heterocycles. The van der Waals surface area contributed by atoms with Crippen molar-refractivity contribution in [1.82, 2.24) is 4.90 Å². The van der Waals surface area contributed by atoms with E-state index in [9.17, 15) is 14.4 Å². The zero-order valence-electron chi connectivity index (χ0n) is 10.5. The fourth-order valence-electron chi connectivity index (χ4n) is 1.74. The molecule has 0 bridgehead atoms. The number of likely N-dealkylation sites (tertiary alicyclic amines) is 1. The van der Waals surface area contributed by atoms with E-state index in [-0.39, 0.29) is 12.5 Å². The second kappa shape index (κ2) is 5.81. The first-order valence-corrected chi connectivity index (χ1v) is 5.82. The number of rotatable bonds is 5. The van der Waals surface area contributed by atoms with Gasteiger partial charge in [0.05, 0.1) is 12.5 Å². The highest BCUT2D eigenvalue weighted by molar-refractivity contribution is 6.02. The molecule has 3 N–H and O–H groups in total. The van der Waals surface area contributed by atoms with Crippen molar-refractivity contribution in [3.63, 3.8) is 0 Å². The molecule has 18 heavy (non-hydrogen) atoms. The van der Waals surface area contributed by atoms with E-state index in [2.05, 4.69) is 4.74 Å². The first-order chi connectivity index (χ1) is 8.38. The number of amides is 1. The lowest BCUT2D eigenvalue weighted by Crippen LogP contribution is -2.59. The highest BCUT2D eigenvalue weighted by Crippen LogP contribution is 2.24. The van der Waals surface area contributed by atoms with E-state index in [1.807, 2.05) is 0 Å². The molecule has 7 nitrogen and oxygen atoms in total. The molecule has 2 atom stereocenters. The Morgan fingerprint density at radius 2 is 2.00 bits per heavy atom. The van der Waals surface area contributed by atoms with Crippen molar-refractivity contribution in [1.29, 1.82) is 0 Å². The van der Waals surface area contributed by atoms with Gasteiger partial charge in [0.2, 0.25) is 0 Å². The van der Waals surface area contributed by atoms with Crippen LogP contribution in [0.4, 0.5) is 0 Å². The summed E-state index contributed by atoms with van der Waals surface area (Å²) in [6, 6.07) is -1.31. The Hall–Kier alpha value is -1.63. The Morgan fingerprint density at radius 3 is 2.44 bits per heavy atom. The van der Waals surface area contributed by atoms with E-state index in [1.165, 1.54) is 4.90 Å². The van der Waals surface area contributed by atoms with Crippen molar-refractivity contribution in [2.75, 3.05) is 19.7 Å². The minimum atomic E-state index is -1.31. The third kappa shape index (κ3) is 2.98. The summed E-state index contributed by atoms with van der Waals surface area (Å²) in [5.41, 5.74) is 5.46. The summed E-state index contributed by atoms with van der Waals surface area (Å²) in [5.74, 6) is -2.74. The molecule has 2 unspecified atom stereocenters. The van der Waals surface area contributed by atoms with Crippen LogP contribution in [0.3, 0.4) is 0 Å². The van der Waals surface area contributed by atoms with Gasteiger partial charge in [-0.25, -0.2) is 4.79 Å². The fraction of sp³-hybridized carbons (Fsp3) is 0.727. The summed E-state index contributed by atoms with van der Waals surface area (Å²) in [7, 11) is 0. The Morgan fingerprint density at radius 1 is 1.44 bits per heavy atom. The van der Waals surface area contributed by atoms with Gasteiger partial charge in [0.1, 0.15) is 0 Å². The minimum Gasteiger partial charge on any atom is -0.481 e. The minimum absolute atomic E-state index is 0.0826. The van der Waals surface area contributed by atoms with Crippen LogP contribution in [0, 0.1) is 11.8 Å². The number of nitrogens with two attached hydrogens (primary N) is 1. The Bertz CT molecular complexity index is 351. The average Bonchev–Trinajstić information content (AvgIpc) is 2.25. The molecule has 0 radical (unpaired) electrons. The number of esters is 1. The largest absolute Gasteiger partial charge is 0.481 e. The fourth-order valence-corrected chi connectivity index (χ4v) is 1.74. The van der Waals surface area contributed by atoms with Crippen LogP contribution in [0.5, 0.6) is 0 Å². The monoisotopic (exact) mass is 258 g/mol. The summed E-state index contributed by atoms with van der Waals surface area (Å²) in [6.07, 6.45) is 0. The van der Waals surface area contributed by atoms with E-state index in [0.717, 1.165) is 0 Å². The number of hydrogen-bond donors (Lipinski definition) is 2. The van der Waals surface area contributed by atoms with Crippen LogP contribution in [0.15, 0.2) is 0 Å². The zero-order chi connectivity index (χ0) is 13.9. The average molecular weight is 258 g/mol. The molecule has 0 aromatic rings.